The van der Waals surface area contributed by atoms with Crippen LogP contribution in [0.1, 0.15) is 18.4 Å². The van der Waals surface area contributed by atoms with Gasteiger partial charge in [-0.2, -0.15) is 13.2 Å². The van der Waals surface area contributed by atoms with E-state index in [1.807, 2.05) is 4.90 Å². The lowest BCUT2D eigenvalue weighted by Crippen LogP contribution is -2.48. The minimum absolute atomic E-state index is 0.0120. The Labute approximate surface area is 150 Å². The fraction of sp³-hybridized carbons (Fsp3) is 0.529. The fourth-order valence-electron chi connectivity index (χ4n) is 2.75. The van der Waals surface area contributed by atoms with E-state index in [2.05, 4.69) is 10.6 Å². The standard InChI is InChI=1S/C17H23F3N4O2/c1-23(2)15(25)11-24-9-7-12(8-10-24)21-16(26)22-14-6-4-3-5-13(14)17(18,19)20/h3-6,12H,7-11H2,1-2H3,(H2,21,22,26). The molecule has 1 aliphatic rings. The first-order chi connectivity index (χ1) is 12.2. The first-order valence-electron chi connectivity index (χ1n) is 8.33. The zero-order valence-electron chi connectivity index (χ0n) is 14.8. The third-order valence-corrected chi connectivity index (χ3v) is 4.26. The molecule has 1 fully saturated rings. The van der Waals surface area contributed by atoms with Gasteiger partial charge in [0.2, 0.25) is 5.91 Å². The number of likely N-dealkylation sites (N-methyl/N-ethyl adjacent to an activating group) is 1. The van der Waals surface area contributed by atoms with Crippen molar-refractivity contribution in [2.24, 2.45) is 0 Å². The summed E-state index contributed by atoms with van der Waals surface area (Å²) in [4.78, 5) is 27.3. The van der Waals surface area contributed by atoms with Crippen molar-refractivity contribution in [2.75, 3.05) is 39.0 Å². The molecule has 0 spiro atoms. The second kappa shape index (κ2) is 8.39. The third-order valence-electron chi connectivity index (χ3n) is 4.26. The number of benzene rings is 1. The molecule has 26 heavy (non-hydrogen) atoms. The lowest BCUT2D eigenvalue weighted by atomic mass is 10.1. The van der Waals surface area contributed by atoms with Gasteiger partial charge in [0.15, 0.2) is 0 Å². The summed E-state index contributed by atoms with van der Waals surface area (Å²) in [6.45, 7) is 1.61. The average Bonchev–Trinajstić information content (AvgIpc) is 2.56. The Balaban J connectivity index is 1.84. The molecule has 1 aliphatic heterocycles. The number of hydrogen-bond acceptors (Lipinski definition) is 3. The number of carbonyl (C=O) groups excluding carboxylic acids is 2. The van der Waals surface area contributed by atoms with Crippen molar-refractivity contribution in [3.8, 4) is 0 Å². The predicted molar refractivity (Wildman–Crippen MR) is 91.8 cm³/mol. The number of likely N-dealkylation sites (tertiary alicyclic amines) is 1. The molecule has 0 saturated carbocycles. The van der Waals surface area contributed by atoms with Gasteiger partial charge in [0.05, 0.1) is 17.8 Å². The summed E-state index contributed by atoms with van der Waals surface area (Å²) < 4.78 is 38.9. The highest BCUT2D eigenvalue weighted by atomic mass is 19.4. The van der Waals surface area contributed by atoms with Crippen LogP contribution in [0, 0.1) is 0 Å². The van der Waals surface area contributed by atoms with E-state index in [0.29, 0.717) is 32.5 Å². The van der Waals surface area contributed by atoms with Crippen LogP contribution in [0.2, 0.25) is 0 Å². The molecule has 0 radical (unpaired) electrons. The number of rotatable bonds is 4. The van der Waals surface area contributed by atoms with Crippen molar-refractivity contribution >= 4 is 17.6 Å². The molecule has 1 aromatic rings. The Bertz CT molecular complexity index is 641. The first-order valence-corrected chi connectivity index (χ1v) is 8.33. The van der Waals surface area contributed by atoms with Gasteiger partial charge in [-0.25, -0.2) is 4.79 Å². The van der Waals surface area contributed by atoms with Crippen molar-refractivity contribution in [3.63, 3.8) is 0 Å². The monoisotopic (exact) mass is 372 g/mol. The molecule has 0 atom stereocenters. The van der Waals surface area contributed by atoms with Gasteiger partial charge in [-0.05, 0) is 25.0 Å². The number of carbonyl (C=O) groups is 2. The van der Waals surface area contributed by atoms with Crippen LogP contribution in [0.5, 0.6) is 0 Å². The summed E-state index contributed by atoms with van der Waals surface area (Å²) in [7, 11) is 3.39. The van der Waals surface area contributed by atoms with Crippen molar-refractivity contribution in [1.29, 1.82) is 0 Å². The first kappa shape index (κ1) is 20.0. The largest absolute Gasteiger partial charge is 0.418 e. The summed E-state index contributed by atoms with van der Waals surface area (Å²) >= 11 is 0. The van der Waals surface area contributed by atoms with Crippen molar-refractivity contribution in [1.82, 2.24) is 15.1 Å². The number of anilines is 1. The zero-order chi connectivity index (χ0) is 19.3. The van der Waals surface area contributed by atoms with Gasteiger partial charge in [-0.3, -0.25) is 9.69 Å². The van der Waals surface area contributed by atoms with Gasteiger partial charge in [-0.1, -0.05) is 12.1 Å². The van der Waals surface area contributed by atoms with Crippen LogP contribution < -0.4 is 10.6 Å². The quantitative estimate of drug-likeness (QED) is 0.853. The van der Waals surface area contributed by atoms with Crippen LogP contribution in [0.15, 0.2) is 24.3 Å². The molecule has 3 amide bonds. The summed E-state index contributed by atoms with van der Waals surface area (Å²) in [5.41, 5.74) is -1.15. The molecule has 144 valence electrons. The molecular weight excluding hydrogens is 349 g/mol. The average molecular weight is 372 g/mol. The fourth-order valence-corrected chi connectivity index (χ4v) is 2.75. The van der Waals surface area contributed by atoms with Gasteiger partial charge < -0.3 is 15.5 Å². The molecule has 0 bridgehead atoms. The second-order valence-corrected chi connectivity index (χ2v) is 6.48. The Morgan fingerprint density at radius 1 is 1.19 bits per heavy atom. The highest BCUT2D eigenvalue weighted by Crippen LogP contribution is 2.34. The van der Waals surface area contributed by atoms with Crippen molar-refractivity contribution in [3.05, 3.63) is 29.8 Å². The molecule has 0 aliphatic carbocycles. The van der Waals surface area contributed by atoms with E-state index in [9.17, 15) is 22.8 Å². The molecule has 1 aromatic carbocycles. The number of nitrogens with zero attached hydrogens (tertiary/aromatic N) is 2. The van der Waals surface area contributed by atoms with Crippen LogP contribution >= 0.6 is 0 Å². The summed E-state index contributed by atoms with van der Waals surface area (Å²) in [6, 6.07) is 4.05. The number of urea groups is 1. The van der Waals surface area contributed by atoms with Crippen LogP contribution in [0.4, 0.5) is 23.7 Å². The lowest BCUT2D eigenvalue weighted by Gasteiger charge is -2.32. The highest BCUT2D eigenvalue weighted by molar-refractivity contribution is 5.90. The van der Waals surface area contributed by atoms with Gasteiger partial charge in [0.25, 0.3) is 0 Å². The van der Waals surface area contributed by atoms with E-state index in [0.717, 1.165) is 6.07 Å². The predicted octanol–water partition coefficient (Wildman–Crippen LogP) is 2.38. The van der Waals surface area contributed by atoms with Crippen LogP contribution in [-0.2, 0) is 11.0 Å². The molecule has 2 N–H and O–H groups in total. The van der Waals surface area contributed by atoms with Gasteiger partial charge in [-0.15, -0.1) is 0 Å². The van der Waals surface area contributed by atoms with Crippen LogP contribution in [0.3, 0.4) is 0 Å². The summed E-state index contributed by atoms with van der Waals surface area (Å²) in [6.07, 6.45) is -3.27. The Morgan fingerprint density at radius 2 is 1.81 bits per heavy atom. The van der Waals surface area contributed by atoms with E-state index in [-0.39, 0.29) is 17.6 Å². The summed E-state index contributed by atoms with van der Waals surface area (Å²) in [5, 5.41) is 4.98. The van der Waals surface area contributed by atoms with Gasteiger partial charge in [0.1, 0.15) is 0 Å². The van der Waals surface area contributed by atoms with E-state index in [4.69, 9.17) is 0 Å². The third kappa shape index (κ3) is 5.62. The maximum Gasteiger partial charge on any atom is 0.418 e. The maximum absolute atomic E-state index is 13.0. The number of nitrogens with one attached hydrogen (secondary N) is 2. The summed E-state index contributed by atoms with van der Waals surface area (Å²) in [5.74, 6) is 0.0120. The maximum atomic E-state index is 13.0. The number of halogens is 3. The van der Waals surface area contributed by atoms with Gasteiger partial charge >= 0.3 is 12.2 Å². The molecule has 1 saturated heterocycles. The number of hydrogen-bond donors (Lipinski definition) is 2. The SMILES string of the molecule is CN(C)C(=O)CN1CCC(NC(=O)Nc2ccccc2C(F)(F)F)CC1. The molecule has 9 heteroatoms. The topological polar surface area (TPSA) is 64.7 Å². The molecule has 1 heterocycles. The minimum atomic E-state index is -4.53. The zero-order valence-corrected chi connectivity index (χ0v) is 14.8. The lowest BCUT2D eigenvalue weighted by molar-refractivity contribution is -0.137. The van der Waals surface area contributed by atoms with Crippen LogP contribution in [-0.4, -0.2) is 61.5 Å². The molecule has 6 nitrogen and oxygen atoms in total. The molecule has 0 unspecified atom stereocenters. The Hall–Kier alpha value is -2.29. The molecule has 0 aromatic heterocycles. The van der Waals surface area contributed by atoms with E-state index < -0.39 is 17.8 Å². The Kier molecular flexibility index (Phi) is 6.47. The van der Waals surface area contributed by atoms with Crippen molar-refractivity contribution < 1.29 is 22.8 Å². The van der Waals surface area contributed by atoms with E-state index in [1.54, 1.807) is 14.1 Å². The Morgan fingerprint density at radius 3 is 2.38 bits per heavy atom. The van der Waals surface area contributed by atoms with E-state index in [1.165, 1.54) is 23.1 Å². The van der Waals surface area contributed by atoms with Crippen LogP contribution in [0.25, 0.3) is 0 Å². The number of amides is 3. The van der Waals surface area contributed by atoms with Gasteiger partial charge in [0, 0.05) is 33.2 Å². The number of piperidine rings is 1. The normalized spacial score (nSPS) is 16.2. The number of alkyl halides is 3. The number of para-hydroxylation sites is 1. The highest BCUT2D eigenvalue weighted by Gasteiger charge is 2.33. The molecular formula is C17H23F3N4O2. The minimum Gasteiger partial charge on any atom is -0.348 e. The second-order valence-electron chi connectivity index (χ2n) is 6.48. The van der Waals surface area contributed by atoms with E-state index >= 15 is 0 Å². The smallest absolute Gasteiger partial charge is 0.348 e. The van der Waals surface area contributed by atoms with Crippen molar-refractivity contribution in [2.45, 2.75) is 25.1 Å². The molecule has 2 rings (SSSR count).